The van der Waals surface area contributed by atoms with E-state index in [9.17, 15) is 9.90 Å². The molecule has 1 amide bonds. The summed E-state index contributed by atoms with van der Waals surface area (Å²) in [5.74, 6) is 0.678. The lowest BCUT2D eigenvalue weighted by Gasteiger charge is -2.44. The smallest absolute Gasteiger partial charge is 0.224 e. The summed E-state index contributed by atoms with van der Waals surface area (Å²) < 4.78 is 0. The highest BCUT2D eigenvalue weighted by Crippen LogP contribution is 2.45. The van der Waals surface area contributed by atoms with Gasteiger partial charge < -0.3 is 14.9 Å². The van der Waals surface area contributed by atoms with Crippen molar-refractivity contribution in [2.24, 2.45) is 5.92 Å². The molecule has 1 unspecified atom stereocenters. The van der Waals surface area contributed by atoms with Crippen LogP contribution in [0.2, 0.25) is 0 Å². The Morgan fingerprint density at radius 2 is 1.67 bits per heavy atom. The summed E-state index contributed by atoms with van der Waals surface area (Å²) in [7, 11) is 0. The molecule has 5 rings (SSSR count). The molecule has 1 aliphatic heterocycles. The summed E-state index contributed by atoms with van der Waals surface area (Å²) in [6.45, 7) is 3.24. The second-order valence-electron chi connectivity index (χ2n) is 9.03. The van der Waals surface area contributed by atoms with Gasteiger partial charge in [0.15, 0.2) is 0 Å². The number of amides is 1. The van der Waals surface area contributed by atoms with Gasteiger partial charge in [0.1, 0.15) is 0 Å². The summed E-state index contributed by atoms with van der Waals surface area (Å²) in [6.07, 6.45) is 4.46. The first kappa shape index (κ1) is 22.1. The van der Waals surface area contributed by atoms with E-state index >= 15 is 0 Å². The highest BCUT2D eigenvalue weighted by molar-refractivity contribution is 7.98. The van der Waals surface area contributed by atoms with Gasteiger partial charge >= 0.3 is 0 Å². The molecule has 2 aliphatic rings. The lowest BCUT2D eigenvalue weighted by atomic mass is 9.97. The molecule has 0 bridgehead atoms. The van der Waals surface area contributed by atoms with Gasteiger partial charge in [0.05, 0.1) is 24.0 Å². The van der Waals surface area contributed by atoms with Crippen LogP contribution in [0.3, 0.4) is 0 Å². The summed E-state index contributed by atoms with van der Waals surface area (Å²) in [6, 6.07) is 23.4. The topological polar surface area (TPSA) is 43.8 Å². The van der Waals surface area contributed by atoms with Crippen molar-refractivity contribution in [1.29, 1.82) is 0 Å². The molecule has 0 aromatic heterocycles. The van der Waals surface area contributed by atoms with Crippen LogP contribution in [0, 0.1) is 5.92 Å². The van der Waals surface area contributed by atoms with Gasteiger partial charge in [0.2, 0.25) is 5.91 Å². The van der Waals surface area contributed by atoms with E-state index in [1.807, 2.05) is 23.1 Å². The minimum absolute atomic E-state index is 0.0321. The fourth-order valence-corrected chi connectivity index (χ4v) is 5.40. The SMILES string of the molecule is CSc1ccc(-c2ccc3c(c2)N(Cc2ccccc2CO)CC(C2CC2)N3C(C)=O)cc1. The summed E-state index contributed by atoms with van der Waals surface area (Å²) in [5.41, 5.74) is 6.49. The van der Waals surface area contributed by atoms with Crippen LogP contribution < -0.4 is 9.80 Å². The molecule has 1 saturated carbocycles. The molecular formula is C28H30N2O2S. The number of benzene rings is 3. The van der Waals surface area contributed by atoms with Gasteiger partial charge in [-0.15, -0.1) is 11.8 Å². The van der Waals surface area contributed by atoms with Gasteiger partial charge in [-0.3, -0.25) is 4.79 Å². The van der Waals surface area contributed by atoms with Gasteiger partial charge in [-0.1, -0.05) is 42.5 Å². The molecule has 1 heterocycles. The van der Waals surface area contributed by atoms with Crippen molar-refractivity contribution in [1.82, 2.24) is 0 Å². The van der Waals surface area contributed by atoms with E-state index in [1.165, 1.54) is 23.3 Å². The minimum Gasteiger partial charge on any atom is -0.392 e. The van der Waals surface area contributed by atoms with E-state index in [4.69, 9.17) is 0 Å². The van der Waals surface area contributed by atoms with Gasteiger partial charge in [-0.05, 0) is 71.5 Å². The first-order valence-corrected chi connectivity index (χ1v) is 12.8. The normalized spacial score (nSPS) is 17.7. The zero-order valence-electron chi connectivity index (χ0n) is 19.2. The Bertz CT molecular complexity index is 1160. The number of nitrogens with zero attached hydrogens (tertiary/aromatic N) is 2. The Balaban J connectivity index is 1.58. The van der Waals surface area contributed by atoms with E-state index in [0.717, 1.165) is 34.6 Å². The number of thioether (sulfide) groups is 1. The zero-order chi connectivity index (χ0) is 22.9. The van der Waals surface area contributed by atoms with Crippen LogP contribution >= 0.6 is 11.8 Å². The van der Waals surface area contributed by atoms with Crippen LogP contribution in [0.1, 0.15) is 30.9 Å². The van der Waals surface area contributed by atoms with E-state index in [1.54, 1.807) is 18.7 Å². The molecule has 3 aromatic carbocycles. The number of carbonyl (C=O) groups excluding carboxylic acids is 1. The third-order valence-electron chi connectivity index (χ3n) is 6.89. The van der Waals surface area contributed by atoms with Gasteiger partial charge in [-0.2, -0.15) is 0 Å². The summed E-state index contributed by atoms with van der Waals surface area (Å²) >= 11 is 1.74. The molecule has 170 valence electrons. The number of aliphatic hydroxyl groups excluding tert-OH is 1. The fourth-order valence-electron chi connectivity index (χ4n) is 4.99. The molecular weight excluding hydrogens is 428 g/mol. The Kier molecular flexibility index (Phi) is 6.17. The number of aliphatic hydroxyl groups is 1. The fraction of sp³-hybridized carbons (Fsp3) is 0.321. The molecule has 1 atom stereocenters. The highest BCUT2D eigenvalue weighted by atomic mass is 32.2. The van der Waals surface area contributed by atoms with Crippen LogP contribution in [0.5, 0.6) is 0 Å². The molecule has 33 heavy (non-hydrogen) atoms. The van der Waals surface area contributed by atoms with Crippen LogP contribution in [-0.4, -0.2) is 29.9 Å². The van der Waals surface area contributed by atoms with E-state index in [0.29, 0.717) is 12.5 Å². The Morgan fingerprint density at radius 1 is 0.970 bits per heavy atom. The Hall–Kier alpha value is -2.76. The van der Waals surface area contributed by atoms with Crippen LogP contribution in [0.4, 0.5) is 11.4 Å². The largest absolute Gasteiger partial charge is 0.392 e. The van der Waals surface area contributed by atoms with Gasteiger partial charge in [0, 0.05) is 24.9 Å². The molecule has 4 nitrogen and oxygen atoms in total. The molecule has 0 saturated heterocycles. The minimum atomic E-state index is 0.0321. The Morgan fingerprint density at radius 3 is 2.30 bits per heavy atom. The monoisotopic (exact) mass is 458 g/mol. The number of hydrogen-bond acceptors (Lipinski definition) is 4. The zero-order valence-corrected chi connectivity index (χ0v) is 20.0. The predicted octanol–water partition coefficient (Wildman–Crippen LogP) is 5.72. The maximum atomic E-state index is 12.8. The molecule has 3 aromatic rings. The second kappa shape index (κ2) is 9.24. The third kappa shape index (κ3) is 4.40. The van der Waals surface area contributed by atoms with Crippen molar-refractivity contribution in [3.8, 4) is 11.1 Å². The molecule has 5 heteroatoms. The molecule has 1 N–H and O–H groups in total. The Labute approximate surface area is 200 Å². The van der Waals surface area contributed by atoms with E-state index < -0.39 is 0 Å². The number of anilines is 2. The molecule has 1 fully saturated rings. The maximum absolute atomic E-state index is 12.8. The summed E-state index contributed by atoms with van der Waals surface area (Å²) in [4.78, 5) is 18.5. The number of carbonyl (C=O) groups is 1. The maximum Gasteiger partial charge on any atom is 0.224 e. The van der Waals surface area contributed by atoms with Crippen molar-refractivity contribution < 1.29 is 9.90 Å². The van der Waals surface area contributed by atoms with Crippen molar-refractivity contribution >= 4 is 29.0 Å². The second-order valence-corrected chi connectivity index (χ2v) is 9.91. The standard InChI is InChI=1S/C28H30N2O2S/c1-19(32)30-26-14-11-22(20-9-12-25(33-2)13-10-20)15-27(26)29(17-28(30)21-7-8-21)16-23-5-3-4-6-24(23)18-31/h3-6,9-15,21,28,31H,7-8,16-18H2,1-2H3. The van der Waals surface area contributed by atoms with Crippen LogP contribution in [-0.2, 0) is 17.9 Å². The molecule has 0 spiro atoms. The van der Waals surface area contributed by atoms with Crippen molar-refractivity contribution in [3.63, 3.8) is 0 Å². The quantitative estimate of drug-likeness (QED) is 0.480. The van der Waals surface area contributed by atoms with Crippen molar-refractivity contribution in [2.45, 2.75) is 43.9 Å². The third-order valence-corrected chi connectivity index (χ3v) is 7.64. The van der Waals surface area contributed by atoms with Gasteiger partial charge in [0.25, 0.3) is 0 Å². The first-order valence-electron chi connectivity index (χ1n) is 11.6. The van der Waals surface area contributed by atoms with Crippen molar-refractivity contribution in [3.05, 3.63) is 77.9 Å². The van der Waals surface area contributed by atoms with E-state index in [-0.39, 0.29) is 18.6 Å². The molecule has 1 aliphatic carbocycles. The van der Waals surface area contributed by atoms with Crippen molar-refractivity contribution in [2.75, 3.05) is 22.6 Å². The summed E-state index contributed by atoms with van der Waals surface area (Å²) in [5, 5.41) is 9.87. The lowest BCUT2D eigenvalue weighted by Crippen LogP contribution is -2.52. The average Bonchev–Trinajstić information content (AvgIpc) is 3.69. The predicted molar refractivity (Wildman–Crippen MR) is 137 cm³/mol. The van der Waals surface area contributed by atoms with Gasteiger partial charge in [-0.25, -0.2) is 0 Å². The van der Waals surface area contributed by atoms with E-state index in [2.05, 4.69) is 59.7 Å². The van der Waals surface area contributed by atoms with Crippen LogP contribution in [0.15, 0.2) is 71.6 Å². The first-order chi connectivity index (χ1) is 16.1. The number of rotatable bonds is 6. The van der Waals surface area contributed by atoms with Crippen LogP contribution in [0.25, 0.3) is 11.1 Å². The number of hydrogen-bond donors (Lipinski definition) is 1. The average molecular weight is 459 g/mol. The number of fused-ring (bicyclic) bond motifs is 1. The highest BCUT2D eigenvalue weighted by Gasteiger charge is 2.42. The molecule has 0 radical (unpaired) electrons. The lowest BCUT2D eigenvalue weighted by molar-refractivity contribution is -0.117.